The first-order valence-corrected chi connectivity index (χ1v) is 10.2. The summed E-state index contributed by atoms with van der Waals surface area (Å²) in [4.78, 5) is 28.8. The van der Waals surface area contributed by atoms with Gasteiger partial charge in [-0.2, -0.15) is 0 Å². The first kappa shape index (κ1) is 18.9. The molecule has 0 spiro atoms. The highest BCUT2D eigenvalue weighted by Gasteiger charge is 2.34. The molecule has 4 rings (SSSR count). The summed E-state index contributed by atoms with van der Waals surface area (Å²) in [7, 11) is 0. The topological polar surface area (TPSA) is 80.0 Å². The molecule has 0 unspecified atom stereocenters. The van der Waals surface area contributed by atoms with Crippen molar-refractivity contribution in [3.05, 3.63) is 30.2 Å². The molecule has 0 aromatic carbocycles. The number of esters is 1. The van der Waals surface area contributed by atoms with Crippen LogP contribution in [0.25, 0.3) is 5.65 Å². The Balaban J connectivity index is 1.37. The van der Waals surface area contributed by atoms with E-state index < -0.39 is 0 Å². The van der Waals surface area contributed by atoms with Crippen LogP contribution in [-0.4, -0.2) is 69.1 Å². The van der Waals surface area contributed by atoms with Crippen molar-refractivity contribution >= 4 is 17.5 Å². The van der Waals surface area contributed by atoms with Gasteiger partial charge < -0.3 is 9.64 Å². The standard InChI is InChI=1S/C20H27N5O3/c1-2-28-20(27)15-8-12-23(13-9-15)18(26)14-24-10-5-6-16(24)19-22-21-17-7-3-4-11-25(17)19/h3-4,7,11,15-16H,2,5-6,8-10,12-14H2,1H3/t16-/m0/s1. The first-order chi connectivity index (χ1) is 13.7. The van der Waals surface area contributed by atoms with Crippen molar-refractivity contribution in [1.29, 1.82) is 0 Å². The Bertz CT molecular complexity index is 843. The smallest absolute Gasteiger partial charge is 0.309 e. The number of aromatic nitrogens is 3. The Kier molecular flexibility index (Phi) is 5.57. The van der Waals surface area contributed by atoms with E-state index in [4.69, 9.17) is 4.74 Å². The summed E-state index contributed by atoms with van der Waals surface area (Å²) in [6.45, 7) is 4.74. The number of hydrogen-bond acceptors (Lipinski definition) is 6. The van der Waals surface area contributed by atoms with Crippen LogP contribution < -0.4 is 0 Å². The lowest BCUT2D eigenvalue weighted by Crippen LogP contribution is -2.45. The van der Waals surface area contributed by atoms with Gasteiger partial charge in [0.2, 0.25) is 5.91 Å². The van der Waals surface area contributed by atoms with Gasteiger partial charge in [0, 0.05) is 19.3 Å². The Morgan fingerprint density at radius 3 is 2.75 bits per heavy atom. The molecule has 0 bridgehead atoms. The van der Waals surface area contributed by atoms with E-state index in [2.05, 4.69) is 15.1 Å². The van der Waals surface area contributed by atoms with Crippen LogP contribution in [0.15, 0.2) is 24.4 Å². The van der Waals surface area contributed by atoms with Crippen molar-refractivity contribution in [3.8, 4) is 0 Å². The van der Waals surface area contributed by atoms with Crippen LogP contribution in [-0.2, 0) is 14.3 Å². The van der Waals surface area contributed by atoms with Crippen molar-refractivity contribution in [1.82, 2.24) is 24.4 Å². The van der Waals surface area contributed by atoms with Gasteiger partial charge in [-0.1, -0.05) is 6.07 Å². The van der Waals surface area contributed by atoms with Crippen molar-refractivity contribution in [2.45, 2.75) is 38.6 Å². The number of carbonyl (C=O) groups is 2. The molecule has 0 radical (unpaired) electrons. The molecular formula is C20H27N5O3. The number of rotatable bonds is 5. The summed E-state index contributed by atoms with van der Waals surface area (Å²) in [5, 5.41) is 8.64. The lowest BCUT2D eigenvalue weighted by molar-refractivity contribution is -0.151. The normalized spacial score (nSPS) is 21.3. The number of nitrogens with zero attached hydrogens (tertiary/aromatic N) is 5. The number of amides is 1. The fourth-order valence-corrected chi connectivity index (χ4v) is 4.29. The summed E-state index contributed by atoms with van der Waals surface area (Å²) in [6, 6.07) is 5.97. The maximum atomic E-state index is 12.9. The third kappa shape index (κ3) is 3.73. The fraction of sp³-hybridized carbons (Fsp3) is 0.600. The minimum Gasteiger partial charge on any atom is -0.466 e. The van der Waals surface area contributed by atoms with E-state index in [9.17, 15) is 9.59 Å². The number of ether oxygens (including phenoxy) is 1. The largest absolute Gasteiger partial charge is 0.466 e. The van der Waals surface area contributed by atoms with Gasteiger partial charge >= 0.3 is 5.97 Å². The Morgan fingerprint density at radius 2 is 1.96 bits per heavy atom. The number of pyridine rings is 1. The predicted octanol–water partition coefficient (Wildman–Crippen LogP) is 1.67. The molecule has 2 fully saturated rings. The van der Waals surface area contributed by atoms with Crippen molar-refractivity contribution in [2.24, 2.45) is 5.92 Å². The van der Waals surface area contributed by atoms with Crippen LogP contribution in [0.2, 0.25) is 0 Å². The van der Waals surface area contributed by atoms with E-state index in [0.29, 0.717) is 39.1 Å². The number of hydrogen-bond donors (Lipinski definition) is 0. The quantitative estimate of drug-likeness (QED) is 0.729. The maximum absolute atomic E-state index is 12.9. The molecular weight excluding hydrogens is 358 g/mol. The van der Waals surface area contributed by atoms with Gasteiger partial charge in [-0.25, -0.2) is 0 Å². The third-order valence-electron chi connectivity index (χ3n) is 5.81. The molecule has 0 N–H and O–H groups in total. The molecule has 150 valence electrons. The van der Waals surface area contributed by atoms with E-state index in [-0.39, 0.29) is 23.8 Å². The molecule has 1 amide bonds. The van der Waals surface area contributed by atoms with E-state index >= 15 is 0 Å². The van der Waals surface area contributed by atoms with E-state index in [0.717, 1.165) is 30.9 Å². The summed E-state index contributed by atoms with van der Waals surface area (Å²) in [5.41, 5.74) is 0.830. The summed E-state index contributed by atoms with van der Waals surface area (Å²) >= 11 is 0. The van der Waals surface area contributed by atoms with Gasteiger partial charge in [-0.15, -0.1) is 10.2 Å². The molecule has 1 atom stereocenters. The van der Waals surface area contributed by atoms with E-state index in [1.165, 1.54) is 0 Å². The molecule has 2 aliphatic heterocycles. The molecule has 8 nitrogen and oxygen atoms in total. The number of likely N-dealkylation sites (tertiary alicyclic amines) is 2. The van der Waals surface area contributed by atoms with Crippen molar-refractivity contribution in [2.75, 3.05) is 32.8 Å². The van der Waals surface area contributed by atoms with Crippen LogP contribution >= 0.6 is 0 Å². The average Bonchev–Trinajstić information content (AvgIpc) is 3.34. The SMILES string of the molecule is CCOC(=O)C1CCN(C(=O)CN2CCC[C@H]2c2nnc3ccccn23)CC1. The second-order valence-electron chi connectivity index (χ2n) is 7.52. The Morgan fingerprint density at radius 1 is 1.14 bits per heavy atom. The highest BCUT2D eigenvalue weighted by atomic mass is 16.5. The molecule has 8 heteroatoms. The second-order valence-corrected chi connectivity index (χ2v) is 7.52. The molecule has 2 aliphatic rings. The van der Waals surface area contributed by atoms with Crippen molar-refractivity contribution < 1.29 is 14.3 Å². The first-order valence-electron chi connectivity index (χ1n) is 10.2. The number of fused-ring (bicyclic) bond motifs is 1. The molecule has 28 heavy (non-hydrogen) atoms. The summed E-state index contributed by atoms with van der Waals surface area (Å²) < 4.78 is 7.12. The Labute approximate surface area is 164 Å². The highest BCUT2D eigenvalue weighted by molar-refractivity contribution is 5.79. The third-order valence-corrected chi connectivity index (χ3v) is 5.81. The molecule has 0 saturated carbocycles. The zero-order chi connectivity index (χ0) is 19.5. The monoisotopic (exact) mass is 385 g/mol. The Hall–Kier alpha value is -2.48. The van der Waals surface area contributed by atoms with Crippen LogP contribution in [0.3, 0.4) is 0 Å². The lowest BCUT2D eigenvalue weighted by atomic mass is 9.97. The second kappa shape index (κ2) is 8.26. The van der Waals surface area contributed by atoms with Crippen LogP contribution in [0.5, 0.6) is 0 Å². The highest BCUT2D eigenvalue weighted by Crippen LogP contribution is 2.31. The zero-order valence-electron chi connectivity index (χ0n) is 16.3. The molecule has 4 heterocycles. The fourth-order valence-electron chi connectivity index (χ4n) is 4.29. The molecule has 2 aromatic rings. The number of piperidine rings is 1. The van der Waals surface area contributed by atoms with E-state index in [1.54, 1.807) is 0 Å². The minimum atomic E-state index is -0.132. The minimum absolute atomic E-state index is 0.0779. The molecule has 2 saturated heterocycles. The lowest BCUT2D eigenvalue weighted by Gasteiger charge is -2.33. The van der Waals surface area contributed by atoms with Crippen molar-refractivity contribution in [3.63, 3.8) is 0 Å². The number of carbonyl (C=O) groups excluding carboxylic acids is 2. The zero-order valence-corrected chi connectivity index (χ0v) is 16.3. The van der Waals surface area contributed by atoms with Gasteiger partial charge in [0.05, 0.1) is 25.1 Å². The summed E-state index contributed by atoms with van der Waals surface area (Å²) in [5.74, 6) is 0.823. The molecule has 0 aliphatic carbocycles. The summed E-state index contributed by atoms with van der Waals surface area (Å²) in [6.07, 6.45) is 5.37. The van der Waals surface area contributed by atoms with Gasteiger partial charge in [-0.3, -0.25) is 18.9 Å². The van der Waals surface area contributed by atoms with E-state index in [1.807, 2.05) is 40.6 Å². The van der Waals surface area contributed by atoms with Crippen LogP contribution in [0, 0.1) is 5.92 Å². The maximum Gasteiger partial charge on any atom is 0.309 e. The van der Waals surface area contributed by atoms with Gasteiger partial charge in [0.15, 0.2) is 11.5 Å². The molecule has 2 aromatic heterocycles. The van der Waals surface area contributed by atoms with Crippen LogP contribution in [0.4, 0.5) is 0 Å². The van der Waals surface area contributed by atoms with Crippen LogP contribution in [0.1, 0.15) is 44.5 Å². The van der Waals surface area contributed by atoms with Gasteiger partial charge in [0.1, 0.15) is 0 Å². The van der Waals surface area contributed by atoms with Gasteiger partial charge in [0.25, 0.3) is 0 Å². The predicted molar refractivity (Wildman–Crippen MR) is 102 cm³/mol. The average molecular weight is 385 g/mol. The van der Waals surface area contributed by atoms with Gasteiger partial charge in [-0.05, 0) is 51.3 Å².